The fourth-order valence-corrected chi connectivity index (χ4v) is 3.79. The van der Waals surface area contributed by atoms with Crippen molar-refractivity contribution in [1.29, 1.82) is 0 Å². The number of aliphatic imine (C=N–C) groups is 1. The SMILES string of the molecule is O=C(NC[C@H](NC(=O)C1CCCCC1)C(=O)O)c1ccc(OCCNC2=NCCN2)cc1O. The van der Waals surface area contributed by atoms with E-state index in [0.29, 0.717) is 18.9 Å². The highest BCUT2D eigenvalue weighted by molar-refractivity contribution is 5.97. The number of carbonyl (C=O) groups is 3. The number of carboxylic acids is 1. The number of aliphatic carboxylic acids is 1. The highest BCUT2D eigenvalue weighted by Gasteiger charge is 2.27. The number of hydrogen-bond acceptors (Lipinski definition) is 8. The molecule has 1 aliphatic heterocycles. The van der Waals surface area contributed by atoms with Gasteiger partial charge in [-0.25, -0.2) is 4.79 Å². The summed E-state index contributed by atoms with van der Waals surface area (Å²) in [5, 5.41) is 30.8. The molecule has 1 aromatic rings. The summed E-state index contributed by atoms with van der Waals surface area (Å²) < 4.78 is 5.55. The molecule has 0 bridgehead atoms. The van der Waals surface area contributed by atoms with Gasteiger partial charge in [-0.1, -0.05) is 19.3 Å². The van der Waals surface area contributed by atoms with Crippen molar-refractivity contribution in [2.24, 2.45) is 10.9 Å². The summed E-state index contributed by atoms with van der Waals surface area (Å²) in [7, 11) is 0. The van der Waals surface area contributed by atoms with Gasteiger partial charge in [-0.15, -0.1) is 0 Å². The van der Waals surface area contributed by atoms with Gasteiger partial charge in [-0.2, -0.15) is 0 Å². The van der Waals surface area contributed by atoms with Crippen molar-refractivity contribution in [3.63, 3.8) is 0 Å². The lowest BCUT2D eigenvalue weighted by atomic mass is 9.88. The number of carbonyl (C=O) groups excluding carboxylic acids is 2. The molecule has 1 aromatic carbocycles. The van der Waals surface area contributed by atoms with Crippen molar-refractivity contribution in [1.82, 2.24) is 21.3 Å². The van der Waals surface area contributed by atoms with Gasteiger partial charge in [0.1, 0.15) is 24.1 Å². The number of amides is 2. The standard InChI is InChI=1S/C22H31N5O6/c28-18-12-15(33-11-10-25-22-23-8-9-24-22)6-7-16(18)20(30)26-13-17(21(31)32)27-19(29)14-4-2-1-3-5-14/h6-7,12,14,17,28H,1-5,8-11,13H2,(H,26,30)(H,27,29)(H,31,32)(H2,23,24,25)/t17-/m0/s1. The van der Waals surface area contributed by atoms with Crippen LogP contribution in [0.25, 0.3) is 0 Å². The van der Waals surface area contributed by atoms with Gasteiger partial charge in [-0.3, -0.25) is 14.6 Å². The predicted octanol–water partition coefficient (Wildman–Crippen LogP) is 0.199. The third-order valence-corrected chi connectivity index (χ3v) is 5.61. The van der Waals surface area contributed by atoms with Crippen molar-refractivity contribution < 1.29 is 29.3 Å². The molecule has 0 spiro atoms. The van der Waals surface area contributed by atoms with E-state index in [0.717, 1.165) is 51.2 Å². The second-order valence-corrected chi connectivity index (χ2v) is 8.06. The van der Waals surface area contributed by atoms with Crippen LogP contribution in [0, 0.1) is 5.92 Å². The molecule has 1 aliphatic carbocycles. The Morgan fingerprint density at radius 3 is 2.67 bits per heavy atom. The Balaban J connectivity index is 1.46. The Bertz CT molecular complexity index is 884. The minimum Gasteiger partial charge on any atom is -0.507 e. The number of benzene rings is 1. The van der Waals surface area contributed by atoms with Crippen molar-refractivity contribution in [2.75, 3.05) is 32.8 Å². The number of nitrogens with one attached hydrogen (secondary N) is 4. The fourth-order valence-electron chi connectivity index (χ4n) is 3.79. The first-order chi connectivity index (χ1) is 15.9. The van der Waals surface area contributed by atoms with Gasteiger partial charge in [-0.05, 0) is 25.0 Å². The van der Waals surface area contributed by atoms with E-state index in [2.05, 4.69) is 26.3 Å². The van der Waals surface area contributed by atoms with Crippen LogP contribution in [-0.4, -0.2) is 72.8 Å². The molecular weight excluding hydrogens is 430 g/mol. The zero-order valence-corrected chi connectivity index (χ0v) is 18.4. The molecule has 1 atom stereocenters. The molecule has 1 fully saturated rings. The maximum atomic E-state index is 12.5. The summed E-state index contributed by atoms with van der Waals surface area (Å²) in [6.45, 7) is 2.08. The van der Waals surface area contributed by atoms with Gasteiger partial charge in [0.25, 0.3) is 5.91 Å². The summed E-state index contributed by atoms with van der Waals surface area (Å²) in [4.78, 5) is 40.5. The Morgan fingerprint density at radius 1 is 1.21 bits per heavy atom. The summed E-state index contributed by atoms with van der Waals surface area (Å²) in [6.07, 6.45) is 4.48. The van der Waals surface area contributed by atoms with E-state index < -0.39 is 17.9 Å². The summed E-state index contributed by atoms with van der Waals surface area (Å²) in [5.41, 5.74) is -0.0206. The lowest BCUT2D eigenvalue weighted by Crippen LogP contribution is -2.50. The summed E-state index contributed by atoms with van der Waals surface area (Å²) >= 11 is 0. The van der Waals surface area contributed by atoms with Crippen LogP contribution in [0.5, 0.6) is 11.5 Å². The summed E-state index contributed by atoms with van der Waals surface area (Å²) in [5.74, 6) is -1.56. The fraction of sp³-hybridized carbons (Fsp3) is 0.545. The lowest BCUT2D eigenvalue weighted by Gasteiger charge is -2.23. The number of phenols is 1. The van der Waals surface area contributed by atoms with Crippen LogP contribution < -0.4 is 26.0 Å². The van der Waals surface area contributed by atoms with E-state index >= 15 is 0 Å². The average Bonchev–Trinajstić information content (AvgIpc) is 3.33. The third kappa shape index (κ3) is 7.26. The third-order valence-electron chi connectivity index (χ3n) is 5.61. The first-order valence-electron chi connectivity index (χ1n) is 11.2. The monoisotopic (exact) mass is 461 g/mol. The van der Waals surface area contributed by atoms with Gasteiger partial charge < -0.3 is 36.2 Å². The van der Waals surface area contributed by atoms with Gasteiger partial charge >= 0.3 is 5.97 Å². The van der Waals surface area contributed by atoms with Crippen LogP contribution in [0.2, 0.25) is 0 Å². The molecule has 33 heavy (non-hydrogen) atoms. The normalized spacial score (nSPS) is 16.8. The molecule has 2 aliphatic rings. The van der Waals surface area contributed by atoms with E-state index in [-0.39, 0.29) is 29.7 Å². The number of nitrogens with zero attached hydrogens (tertiary/aromatic N) is 1. The number of guanidine groups is 1. The average molecular weight is 462 g/mol. The Labute approximate surface area is 192 Å². The number of aromatic hydroxyl groups is 1. The highest BCUT2D eigenvalue weighted by atomic mass is 16.5. The molecule has 0 unspecified atom stereocenters. The molecule has 6 N–H and O–H groups in total. The van der Waals surface area contributed by atoms with E-state index in [1.54, 1.807) is 6.07 Å². The quantitative estimate of drug-likeness (QED) is 0.269. The Hall–Kier alpha value is -3.50. The number of ether oxygens (including phenoxy) is 1. The zero-order valence-electron chi connectivity index (χ0n) is 18.4. The number of rotatable bonds is 10. The maximum absolute atomic E-state index is 12.5. The minimum absolute atomic E-state index is 0.0206. The van der Waals surface area contributed by atoms with Gasteiger partial charge in [0.2, 0.25) is 5.91 Å². The van der Waals surface area contributed by atoms with Crippen molar-refractivity contribution in [3.05, 3.63) is 23.8 Å². The van der Waals surface area contributed by atoms with E-state index in [1.165, 1.54) is 12.1 Å². The molecule has 0 saturated heterocycles. The Morgan fingerprint density at radius 2 is 2.00 bits per heavy atom. The molecule has 11 heteroatoms. The van der Waals surface area contributed by atoms with Crippen LogP contribution in [0.1, 0.15) is 42.5 Å². The van der Waals surface area contributed by atoms with E-state index in [1.807, 2.05) is 0 Å². The number of carboxylic acid groups (broad SMARTS) is 1. The van der Waals surface area contributed by atoms with E-state index in [4.69, 9.17) is 4.74 Å². The molecule has 3 rings (SSSR count). The minimum atomic E-state index is -1.25. The molecule has 0 aromatic heterocycles. The van der Waals surface area contributed by atoms with Gasteiger partial charge in [0.05, 0.1) is 18.7 Å². The van der Waals surface area contributed by atoms with Crippen molar-refractivity contribution >= 4 is 23.7 Å². The second kappa shape index (κ2) is 11.9. The summed E-state index contributed by atoms with van der Waals surface area (Å²) in [6, 6.07) is 3.01. The largest absolute Gasteiger partial charge is 0.507 e. The van der Waals surface area contributed by atoms with Gasteiger partial charge in [0.15, 0.2) is 5.96 Å². The van der Waals surface area contributed by atoms with Crippen LogP contribution in [0.4, 0.5) is 0 Å². The number of phenolic OH excluding ortho intramolecular Hbond substituents is 1. The van der Waals surface area contributed by atoms with E-state index in [9.17, 15) is 24.6 Å². The van der Waals surface area contributed by atoms with Crippen molar-refractivity contribution in [2.45, 2.75) is 38.1 Å². The molecule has 1 saturated carbocycles. The van der Waals surface area contributed by atoms with Crippen molar-refractivity contribution in [3.8, 4) is 11.5 Å². The smallest absolute Gasteiger partial charge is 0.328 e. The topological polar surface area (TPSA) is 161 Å². The highest BCUT2D eigenvalue weighted by Crippen LogP contribution is 2.24. The Kier molecular flexibility index (Phi) is 8.73. The molecular formula is C22H31N5O6. The predicted molar refractivity (Wildman–Crippen MR) is 120 cm³/mol. The first kappa shape index (κ1) is 24.1. The van der Waals surface area contributed by atoms with Crippen LogP contribution in [0.3, 0.4) is 0 Å². The molecule has 1 heterocycles. The molecule has 0 radical (unpaired) electrons. The van der Waals surface area contributed by atoms with Crippen LogP contribution in [-0.2, 0) is 9.59 Å². The molecule has 180 valence electrons. The number of hydrogen-bond donors (Lipinski definition) is 6. The van der Waals surface area contributed by atoms with Crippen LogP contribution in [0.15, 0.2) is 23.2 Å². The first-order valence-corrected chi connectivity index (χ1v) is 11.2. The lowest BCUT2D eigenvalue weighted by molar-refractivity contribution is -0.142. The second-order valence-electron chi connectivity index (χ2n) is 8.06. The maximum Gasteiger partial charge on any atom is 0.328 e. The molecule has 11 nitrogen and oxygen atoms in total. The zero-order chi connectivity index (χ0) is 23.6. The van der Waals surface area contributed by atoms with Gasteiger partial charge in [0, 0.05) is 25.1 Å². The van der Waals surface area contributed by atoms with Crippen LogP contribution >= 0.6 is 0 Å². The molecule has 2 amide bonds.